The van der Waals surface area contributed by atoms with Gasteiger partial charge in [0.05, 0.1) is 6.10 Å². The molecular formula is C16H16N2O5. The third kappa shape index (κ3) is 3.00. The molecule has 2 aromatic rings. The van der Waals surface area contributed by atoms with Crippen LogP contribution in [0.4, 0.5) is 0 Å². The molecule has 23 heavy (non-hydrogen) atoms. The molecule has 7 nitrogen and oxygen atoms in total. The summed E-state index contributed by atoms with van der Waals surface area (Å²) in [6, 6.07) is 5.06. The summed E-state index contributed by atoms with van der Waals surface area (Å²) in [5.74, 6) is -1.31. The number of hydrogen-bond donors (Lipinski definition) is 0. The highest BCUT2D eigenvalue weighted by atomic mass is 16.5. The molecule has 1 aliphatic rings. The monoisotopic (exact) mass is 316 g/mol. The molecular weight excluding hydrogens is 300 g/mol. The van der Waals surface area contributed by atoms with Crippen molar-refractivity contribution in [3.8, 4) is 0 Å². The van der Waals surface area contributed by atoms with E-state index in [1.165, 1.54) is 16.8 Å². The summed E-state index contributed by atoms with van der Waals surface area (Å²) in [6.07, 6.45) is 3.14. The summed E-state index contributed by atoms with van der Waals surface area (Å²) in [5, 5.41) is 0. The Balaban J connectivity index is 1.72. The smallest absolute Gasteiger partial charge is 0.345 e. The van der Waals surface area contributed by atoms with Gasteiger partial charge in [-0.3, -0.25) is 14.0 Å². The first kappa shape index (κ1) is 15.4. The van der Waals surface area contributed by atoms with Crippen LogP contribution in [0, 0.1) is 5.92 Å². The van der Waals surface area contributed by atoms with Crippen molar-refractivity contribution in [2.24, 2.45) is 5.92 Å². The Morgan fingerprint density at radius 1 is 1.43 bits per heavy atom. The molecule has 0 bridgehead atoms. The summed E-state index contributed by atoms with van der Waals surface area (Å²) in [7, 11) is 0. The molecule has 2 unspecified atom stereocenters. The molecule has 3 rings (SSSR count). The van der Waals surface area contributed by atoms with E-state index in [2.05, 4.69) is 4.98 Å². The topological polar surface area (TPSA) is 87.0 Å². The van der Waals surface area contributed by atoms with Crippen molar-refractivity contribution < 1.29 is 19.1 Å². The zero-order valence-electron chi connectivity index (χ0n) is 12.6. The number of ketones is 1. The number of carbonyl (C=O) groups is 2. The van der Waals surface area contributed by atoms with E-state index in [9.17, 15) is 14.4 Å². The van der Waals surface area contributed by atoms with E-state index in [0.29, 0.717) is 18.7 Å². The Hall–Kier alpha value is -2.54. The van der Waals surface area contributed by atoms with Crippen LogP contribution in [0.1, 0.15) is 23.7 Å². The number of ether oxygens (including phenoxy) is 2. The summed E-state index contributed by atoms with van der Waals surface area (Å²) in [4.78, 5) is 40.4. The maximum atomic E-state index is 12.2. The first-order valence-corrected chi connectivity index (χ1v) is 7.36. The van der Waals surface area contributed by atoms with Crippen LogP contribution in [-0.4, -0.2) is 40.5 Å². The molecule has 0 radical (unpaired) electrons. The lowest BCUT2D eigenvalue weighted by molar-refractivity contribution is -0.127. The zero-order valence-corrected chi connectivity index (χ0v) is 12.6. The lowest BCUT2D eigenvalue weighted by Gasteiger charge is -2.12. The maximum Gasteiger partial charge on any atom is 0.345 e. The Morgan fingerprint density at radius 3 is 3.00 bits per heavy atom. The molecule has 1 saturated heterocycles. The Morgan fingerprint density at radius 2 is 2.26 bits per heavy atom. The highest BCUT2D eigenvalue weighted by Crippen LogP contribution is 2.21. The van der Waals surface area contributed by atoms with Crippen molar-refractivity contribution >= 4 is 17.4 Å². The van der Waals surface area contributed by atoms with Crippen LogP contribution in [0.3, 0.4) is 0 Å². The number of fused-ring (bicyclic) bond motifs is 1. The van der Waals surface area contributed by atoms with Gasteiger partial charge in [-0.05, 0) is 25.5 Å². The number of nitrogens with zero attached hydrogens (tertiary/aromatic N) is 2. The molecule has 0 N–H and O–H groups in total. The molecule has 0 amide bonds. The van der Waals surface area contributed by atoms with Crippen molar-refractivity contribution in [2.45, 2.75) is 19.4 Å². The molecule has 2 aromatic heterocycles. The number of pyridine rings is 1. The zero-order chi connectivity index (χ0) is 16.4. The minimum Gasteiger partial charge on any atom is -0.454 e. The number of hydrogen-bond acceptors (Lipinski definition) is 6. The summed E-state index contributed by atoms with van der Waals surface area (Å²) in [6.45, 7) is 1.98. The first-order valence-electron chi connectivity index (χ1n) is 7.36. The second-order valence-electron chi connectivity index (χ2n) is 5.42. The van der Waals surface area contributed by atoms with Crippen LogP contribution in [0.2, 0.25) is 0 Å². The van der Waals surface area contributed by atoms with E-state index in [-0.39, 0.29) is 30.0 Å². The van der Waals surface area contributed by atoms with Gasteiger partial charge in [-0.25, -0.2) is 9.78 Å². The van der Waals surface area contributed by atoms with E-state index in [1.807, 2.05) is 6.92 Å². The summed E-state index contributed by atoms with van der Waals surface area (Å²) >= 11 is 0. The highest BCUT2D eigenvalue weighted by molar-refractivity contribution is 5.91. The Kier molecular flexibility index (Phi) is 4.20. The molecule has 0 aromatic carbocycles. The number of carbonyl (C=O) groups excluding carboxylic acids is 2. The van der Waals surface area contributed by atoms with Crippen LogP contribution in [0.25, 0.3) is 5.65 Å². The average Bonchev–Trinajstić information content (AvgIpc) is 2.99. The van der Waals surface area contributed by atoms with Gasteiger partial charge in [0.15, 0.2) is 12.4 Å². The maximum absolute atomic E-state index is 12.2. The molecule has 1 aliphatic heterocycles. The van der Waals surface area contributed by atoms with Gasteiger partial charge in [0, 0.05) is 24.9 Å². The minimum absolute atomic E-state index is 0.172. The predicted octanol–water partition coefficient (Wildman–Crippen LogP) is 0.845. The molecule has 7 heteroatoms. The molecule has 0 spiro atoms. The highest BCUT2D eigenvalue weighted by Gasteiger charge is 2.31. The fourth-order valence-corrected chi connectivity index (χ4v) is 2.64. The van der Waals surface area contributed by atoms with Gasteiger partial charge in [0.2, 0.25) is 0 Å². The largest absolute Gasteiger partial charge is 0.454 e. The van der Waals surface area contributed by atoms with Gasteiger partial charge in [-0.1, -0.05) is 6.07 Å². The number of esters is 1. The first-order chi connectivity index (χ1) is 11.1. The van der Waals surface area contributed by atoms with Gasteiger partial charge >= 0.3 is 5.97 Å². The van der Waals surface area contributed by atoms with Crippen LogP contribution in [0.15, 0.2) is 35.4 Å². The van der Waals surface area contributed by atoms with Crippen LogP contribution in [-0.2, 0) is 14.3 Å². The third-order valence-corrected chi connectivity index (χ3v) is 3.97. The average molecular weight is 316 g/mol. The Bertz CT molecular complexity index is 813. The van der Waals surface area contributed by atoms with Crippen molar-refractivity contribution in [2.75, 3.05) is 13.2 Å². The second kappa shape index (κ2) is 6.29. The van der Waals surface area contributed by atoms with E-state index in [0.717, 1.165) is 0 Å². The van der Waals surface area contributed by atoms with Crippen LogP contribution < -0.4 is 5.56 Å². The molecule has 0 aliphatic carbocycles. The molecule has 120 valence electrons. The van der Waals surface area contributed by atoms with Gasteiger partial charge in [0.1, 0.15) is 11.2 Å². The standard InChI is InChI=1S/C16H16N2O5/c1-10-11(5-7-22-10)13(19)9-23-16(21)12-8-17-14-4-2-3-6-18(14)15(12)20/h2-4,6,8,10-11H,5,7,9H2,1H3. The number of aromatic nitrogens is 2. The second-order valence-corrected chi connectivity index (χ2v) is 5.42. The quantitative estimate of drug-likeness (QED) is 0.777. The van der Waals surface area contributed by atoms with Gasteiger partial charge in [-0.2, -0.15) is 0 Å². The summed E-state index contributed by atoms with van der Waals surface area (Å²) in [5.41, 5.74) is -0.287. The van der Waals surface area contributed by atoms with E-state index in [1.54, 1.807) is 18.2 Å². The number of rotatable bonds is 4. The van der Waals surface area contributed by atoms with Gasteiger partial charge < -0.3 is 9.47 Å². The minimum atomic E-state index is -0.847. The fourth-order valence-electron chi connectivity index (χ4n) is 2.64. The SMILES string of the molecule is CC1OCCC1C(=O)COC(=O)c1cnc2ccccn2c1=O. The van der Waals surface area contributed by atoms with Crippen LogP contribution >= 0.6 is 0 Å². The van der Waals surface area contributed by atoms with Crippen molar-refractivity contribution in [3.05, 3.63) is 46.5 Å². The summed E-state index contributed by atoms with van der Waals surface area (Å²) < 4.78 is 11.6. The Labute approximate surface area is 131 Å². The van der Waals surface area contributed by atoms with E-state index < -0.39 is 11.5 Å². The molecule has 1 fully saturated rings. The van der Waals surface area contributed by atoms with E-state index >= 15 is 0 Å². The molecule has 3 heterocycles. The number of Topliss-reactive ketones (excluding diaryl/α,β-unsaturated/α-hetero) is 1. The fraction of sp³-hybridized carbons (Fsp3) is 0.375. The molecule has 2 atom stereocenters. The molecule has 0 saturated carbocycles. The van der Waals surface area contributed by atoms with Crippen molar-refractivity contribution in [1.82, 2.24) is 9.38 Å². The normalized spacial score (nSPS) is 20.6. The van der Waals surface area contributed by atoms with Gasteiger partial charge in [0.25, 0.3) is 5.56 Å². The van der Waals surface area contributed by atoms with Gasteiger partial charge in [-0.15, -0.1) is 0 Å². The van der Waals surface area contributed by atoms with Crippen molar-refractivity contribution in [1.29, 1.82) is 0 Å². The van der Waals surface area contributed by atoms with E-state index in [4.69, 9.17) is 9.47 Å². The van der Waals surface area contributed by atoms with Crippen LogP contribution in [0.5, 0.6) is 0 Å². The lowest BCUT2D eigenvalue weighted by Crippen LogP contribution is -2.29. The lowest BCUT2D eigenvalue weighted by atomic mass is 9.98. The predicted molar refractivity (Wildman–Crippen MR) is 80.3 cm³/mol. The third-order valence-electron chi connectivity index (χ3n) is 3.97. The van der Waals surface area contributed by atoms with Crippen molar-refractivity contribution in [3.63, 3.8) is 0 Å².